The standard InChI is InChI=1S/C18H29N3O4/c1-11(2)9-14(18(25)21-8-4-7-15(21)16(19)23)20-17(24)12-5-3-6-13(22)10-12/h11-12,14-15H,3-10H2,1-2H3,(H2,19,23)(H,20,24)/t12?,14-,15-/m0/s1. The molecule has 0 aromatic heterocycles. The topological polar surface area (TPSA) is 110 Å². The molecule has 2 aliphatic rings. The molecule has 3 amide bonds. The molecule has 2 fully saturated rings. The van der Waals surface area contributed by atoms with Crippen molar-refractivity contribution >= 4 is 23.5 Å². The summed E-state index contributed by atoms with van der Waals surface area (Å²) in [6.45, 7) is 4.44. The van der Waals surface area contributed by atoms with Crippen LogP contribution in [0.2, 0.25) is 0 Å². The van der Waals surface area contributed by atoms with Crippen LogP contribution in [0.5, 0.6) is 0 Å². The van der Waals surface area contributed by atoms with Crippen molar-refractivity contribution in [2.75, 3.05) is 6.54 Å². The van der Waals surface area contributed by atoms with E-state index in [0.29, 0.717) is 32.2 Å². The maximum atomic E-state index is 12.9. The molecule has 1 saturated carbocycles. The molecule has 140 valence electrons. The van der Waals surface area contributed by atoms with Crippen molar-refractivity contribution in [3.8, 4) is 0 Å². The molecule has 2 rings (SSSR count). The Morgan fingerprint density at radius 2 is 1.96 bits per heavy atom. The summed E-state index contributed by atoms with van der Waals surface area (Å²) in [5, 5.41) is 2.84. The van der Waals surface area contributed by atoms with Crippen LogP contribution in [0, 0.1) is 11.8 Å². The molecule has 1 aliphatic carbocycles. The highest BCUT2D eigenvalue weighted by Gasteiger charge is 2.37. The number of hydrogen-bond donors (Lipinski definition) is 2. The van der Waals surface area contributed by atoms with Gasteiger partial charge in [0, 0.05) is 25.3 Å². The summed E-state index contributed by atoms with van der Waals surface area (Å²) in [7, 11) is 0. The lowest BCUT2D eigenvalue weighted by atomic mass is 9.87. The van der Waals surface area contributed by atoms with Crippen LogP contribution in [-0.2, 0) is 19.2 Å². The van der Waals surface area contributed by atoms with Gasteiger partial charge in [0.2, 0.25) is 17.7 Å². The number of nitrogens with zero attached hydrogens (tertiary/aromatic N) is 1. The Labute approximate surface area is 148 Å². The van der Waals surface area contributed by atoms with Crippen molar-refractivity contribution in [2.45, 2.75) is 70.9 Å². The van der Waals surface area contributed by atoms with Crippen molar-refractivity contribution in [2.24, 2.45) is 17.6 Å². The van der Waals surface area contributed by atoms with Crippen molar-refractivity contribution in [1.82, 2.24) is 10.2 Å². The number of likely N-dealkylation sites (tertiary alicyclic amines) is 1. The molecule has 0 radical (unpaired) electrons. The SMILES string of the molecule is CC(C)C[C@H](NC(=O)C1CCCC(=O)C1)C(=O)N1CCC[C@H]1C(N)=O. The van der Waals surface area contributed by atoms with Crippen molar-refractivity contribution < 1.29 is 19.2 Å². The van der Waals surface area contributed by atoms with Gasteiger partial charge in [-0.1, -0.05) is 13.8 Å². The van der Waals surface area contributed by atoms with Crippen molar-refractivity contribution in [1.29, 1.82) is 0 Å². The maximum Gasteiger partial charge on any atom is 0.245 e. The predicted octanol–water partition coefficient (Wildman–Crippen LogP) is 0.753. The Kier molecular flexibility index (Phi) is 6.56. The van der Waals surface area contributed by atoms with E-state index in [9.17, 15) is 19.2 Å². The van der Waals surface area contributed by atoms with Gasteiger partial charge in [-0.2, -0.15) is 0 Å². The van der Waals surface area contributed by atoms with E-state index in [0.717, 1.165) is 12.8 Å². The Hall–Kier alpha value is -1.92. The first-order valence-corrected chi connectivity index (χ1v) is 9.21. The van der Waals surface area contributed by atoms with Gasteiger partial charge in [-0.25, -0.2) is 0 Å². The zero-order valence-corrected chi connectivity index (χ0v) is 15.1. The van der Waals surface area contributed by atoms with Crippen LogP contribution in [0.25, 0.3) is 0 Å². The van der Waals surface area contributed by atoms with Gasteiger partial charge in [-0.15, -0.1) is 0 Å². The second kappa shape index (κ2) is 8.45. The molecule has 7 heteroatoms. The van der Waals surface area contributed by atoms with Gasteiger partial charge in [0.1, 0.15) is 17.9 Å². The number of hydrogen-bond acceptors (Lipinski definition) is 4. The normalized spacial score (nSPS) is 25.1. The summed E-state index contributed by atoms with van der Waals surface area (Å²) in [5.74, 6) is -1.02. The van der Waals surface area contributed by atoms with Gasteiger partial charge >= 0.3 is 0 Å². The lowest BCUT2D eigenvalue weighted by Crippen LogP contribution is -2.54. The van der Waals surface area contributed by atoms with E-state index in [4.69, 9.17) is 5.73 Å². The van der Waals surface area contributed by atoms with Gasteiger partial charge in [-0.05, 0) is 38.0 Å². The molecule has 0 aromatic carbocycles. The lowest BCUT2D eigenvalue weighted by molar-refractivity contribution is -0.142. The van der Waals surface area contributed by atoms with Crippen LogP contribution in [0.3, 0.4) is 0 Å². The predicted molar refractivity (Wildman–Crippen MR) is 92.3 cm³/mol. The van der Waals surface area contributed by atoms with Gasteiger partial charge in [0.05, 0.1) is 0 Å². The van der Waals surface area contributed by atoms with E-state index in [1.807, 2.05) is 13.8 Å². The monoisotopic (exact) mass is 351 g/mol. The molecule has 1 saturated heterocycles. The summed E-state index contributed by atoms with van der Waals surface area (Å²) < 4.78 is 0. The van der Waals surface area contributed by atoms with Crippen LogP contribution in [-0.4, -0.2) is 47.0 Å². The highest BCUT2D eigenvalue weighted by atomic mass is 16.2. The number of rotatable bonds is 6. The summed E-state index contributed by atoms with van der Waals surface area (Å²) >= 11 is 0. The minimum atomic E-state index is -0.676. The van der Waals surface area contributed by atoms with Crippen LogP contribution >= 0.6 is 0 Å². The molecular formula is C18H29N3O4. The number of amides is 3. The average Bonchev–Trinajstić information content (AvgIpc) is 3.02. The van der Waals surface area contributed by atoms with Crippen molar-refractivity contribution in [3.05, 3.63) is 0 Å². The molecule has 7 nitrogen and oxygen atoms in total. The zero-order valence-electron chi connectivity index (χ0n) is 15.1. The fourth-order valence-electron chi connectivity index (χ4n) is 3.76. The molecule has 1 heterocycles. The molecule has 3 atom stereocenters. The molecule has 3 N–H and O–H groups in total. The Balaban J connectivity index is 2.07. The largest absolute Gasteiger partial charge is 0.368 e. The molecular weight excluding hydrogens is 322 g/mol. The Bertz CT molecular complexity index is 546. The quantitative estimate of drug-likeness (QED) is 0.736. The fourth-order valence-corrected chi connectivity index (χ4v) is 3.76. The molecule has 0 bridgehead atoms. The summed E-state index contributed by atoms with van der Waals surface area (Å²) in [5.41, 5.74) is 5.40. The zero-order chi connectivity index (χ0) is 18.6. The first kappa shape index (κ1) is 19.4. The third-order valence-corrected chi connectivity index (χ3v) is 5.04. The minimum Gasteiger partial charge on any atom is -0.368 e. The van der Waals surface area contributed by atoms with Crippen LogP contribution in [0.15, 0.2) is 0 Å². The molecule has 1 aliphatic heterocycles. The summed E-state index contributed by atoms with van der Waals surface area (Å²) in [6.07, 6.45) is 3.98. The van der Waals surface area contributed by atoms with E-state index in [1.165, 1.54) is 4.90 Å². The van der Waals surface area contributed by atoms with E-state index >= 15 is 0 Å². The molecule has 0 spiro atoms. The number of Topliss-reactive ketones (excluding diaryl/α,β-unsaturated/α-hetero) is 1. The van der Waals surface area contributed by atoms with Crippen LogP contribution in [0.1, 0.15) is 58.8 Å². The van der Waals surface area contributed by atoms with Crippen LogP contribution < -0.4 is 11.1 Å². The first-order valence-electron chi connectivity index (χ1n) is 9.21. The highest BCUT2D eigenvalue weighted by molar-refractivity contribution is 5.93. The first-order chi connectivity index (χ1) is 11.8. The van der Waals surface area contributed by atoms with Gasteiger partial charge in [-0.3, -0.25) is 19.2 Å². The highest BCUT2D eigenvalue weighted by Crippen LogP contribution is 2.23. The van der Waals surface area contributed by atoms with Gasteiger partial charge in [0.15, 0.2) is 0 Å². The molecule has 1 unspecified atom stereocenters. The Morgan fingerprint density at radius 3 is 2.56 bits per heavy atom. The third kappa shape index (κ3) is 5.03. The lowest BCUT2D eigenvalue weighted by Gasteiger charge is -2.30. The number of primary amides is 1. The van der Waals surface area contributed by atoms with E-state index in [-0.39, 0.29) is 35.9 Å². The molecule has 0 aromatic rings. The smallest absolute Gasteiger partial charge is 0.245 e. The number of carbonyl (C=O) groups is 4. The van der Waals surface area contributed by atoms with Gasteiger partial charge in [0.25, 0.3) is 0 Å². The number of ketones is 1. The fraction of sp³-hybridized carbons (Fsp3) is 0.778. The van der Waals surface area contributed by atoms with Gasteiger partial charge < -0.3 is 16.0 Å². The minimum absolute atomic E-state index is 0.103. The summed E-state index contributed by atoms with van der Waals surface area (Å²) in [4.78, 5) is 50.1. The molecule has 25 heavy (non-hydrogen) atoms. The second-order valence-corrected chi connectivity index (χ2v) is 7.61. The number of nitrogens with one attached hydrogen (secondary N) is 1. The maximum absolute atomic E-state index is 12.9. The summed E-state index contributed by atoms with van der Waals surface area (Å²) in [6, 6.07) is -1.26. The average molecular weight is 351 g/mol. The van der Waals surface area contributed by atoms with Crippen LogP contribution in [0.4, 0.5) is 0 Å². The van der Waals surface area contributed by atoms with E-state index < -0.39 is 18.0 Å². The van der Waals surface area contributed by atoms with E-state index in [2.05, 4.69) is 5.32 Å². The number of carbonyl (C=O) groups excluding carboxylic acids is 4. The Morgan fingerprint density at radius 1 is 1.24 bits per heavy atom. The third-order valence-electron chi connectivity index (χ3n) is 5.04. The van der Waals surface area contributed by atoms with E-state index in [1.54, 1.807) is 0 Å². The number of nitrogens with two attached hydrogens (primary N) is 1. The van der Waals surface area contributed by atoms with Crippen molar-refractivity contribution in [3.63, 3.8) is 0 Å². The second-order valence-electron chi connectivity index (χ2n) is 7.61.